The number of alkyl halides is 2. The minimum atomic E-state index is -3.80. The molecule has 2 amide bonds. The molecule has 1 N–H and O–H groups in total. The maximum atomic E-state index is 13.2. The zero-order valence-corrected chi connectivity index (χ0v) is 12.9. The predicted molar refractivity (Wildman–Crippen MR) is 83.3 cm³/mol. The van der Waals surface area contributed by atoms with Gasteiger partial charge in [0.15, 0.2) is 16.6 Å². The number of hydrogen-bond acceptors (Lipinski definition) is 5. The molecule has 24 heavy (non-hydrogen) atoms. The summed E-state index contributed by atoms with van der Waals surface area (Å²) >= 11 is 4.93. The SMILES string of the molecule is C=CCN1C(=O)/C(=C/c2cccc3c2OC(F)(F)O3)C(=O)NC1=S. The number of hydrogen-bond donors (Lipinski definition) is 1. The van der Waals surface area contributed by atoms with E-state index in [0.717, 1.165) is 11.0 Å². The van der Waals surface area contributed by atoms with Crippen molar-refractivity contribution in [1.82, 2.24) is 10.2 Å². The molecule has 0 atom stereocenters. The van der Waals surface area contributed by atoms with Crippen molar-refractivity contribution >= 4 is 35.2 Å². The van der Waals surface area contributed by atoms with E-state index in [-0.39, 0.29) is 34.3 Å². The first-order valence-electron chi connectivity index (χ1n) is 6.71. The summed E-state index contributed by atoms with van der Waals surface area (Å²) in [5, 5.41) is 2.31. The number of carbonyl (C=O) groups is 2. The molecule has 124 valence electrons. The van der Waals surface area contributed by atoms with Crippen molar-refractivity contribution in [3.05, 3.63) is 42.0 Å². The zero-order chi connectivity index (χ0) is 17.5. The lowest BCUT2D eigenvalue weighted by Gasteiger charge is -2.27. The molecule has 2 aliphatic heterocycles. The first-order chi connectivity index (χ1) is 11.3. The maximum absolute atomic E-state index is 13.2. The van der Waals surface area contributed by atoms with E-state index in [1.54, 1.807) is 0 Å². The van der Waals surface area contributed by atoms with Crippen LogP contribution in [0, 0.1) is 0 Å². The molecule has 1 aromatic rings. The summed E-state index contributed by atoms with van der Waals surface area (Å²) in [6.45, 7) is 3.61. The number of para-hydroxylation sites is 1. The van der Waals surface area contributed by atoms with Gasteiger partial charge in [-0.05, 0) is 24.4 Å². The lowest BCUT2D eigenvalue weighted by Crippen LogP contribution is -2.53. The van der Waals surface area contributed by atoms with Crippen molar-refractivity contribution in [3.8, 4) is 11.5 Å². The monoisotopic (exact) mass is 352 g/mol. The number of benzene rings is 1. The number of ether oxygens (including phenoxy) is 2. The van der Waals surface area contributed by atoms with E-state index >= 15 is 0 Å². The molecule has 1 saturated heterocycles. The van der Waals surface area contributed by atoms with E-state index in [1.807, 2.05) is 0 Å². The Labute approximate surface area is 140 Å². The van der Waals surface area contributed by atoms with Gasteiger partial charge in [-0.1, -0.05) is 18.2 Å². The fraction of sp³-hybridized carbons (Fsp3) is 0.133. The van der Waals surface area contributed by atoms with E-state index in [4.69, 9.17) is 12.2 Å². The Hall–Kier alpha value is -2.81. The lowest BCUT2D eigenvalue weighted by molar-refractivity contribution is -0.286. The summed E-state index contributed by atoms with van der Waals surface area (Å²) in [4.78, 5) is 25.6. The molecule has 9 heteroatoms. The minimum Gasteiger partial charge on any atom is -0.395 e. The molecule has 0 radical (unpaired) electrons. The van der Waals surface area contributed by atoms with Crippen LogP contribution in [-0.2, 0) is 9.59 Å². The Bertz CT molecular complexity index is 807. The van der Waals surface area contributed by atoms with Crippen LogP contribution in [0.4, 0.5) is 8.78 Å². The Kier molecular flexibility index (Phi) is 3.80. The molecule has 1 aromatic carbocycles. The van der Waals surface area contributed by atoms with Gasteiger partial charge in [0.1, 0.15) is 5.57 Å². The van der Waals surface area contributed by atoms with E-state index in [1.165, 1.54) is 24.3 Å². The Morgan fingerprint density at radius 3 is 2.79 bits per heavy atom. The predicted octanol–water partition coefficient (Wildman–Crippen LogP) is 1.82. The number of rotatable bonds is 3. The molecule has 1 fully saturated rings. The van der Waals surface area contributed by atoms with Crippen molar-refractivity contribution in [2.24, 2.45) is 0 Å². The van der Waals surface area contributed by atoms with Gasteiger partial charge in [0.25, 0.3) is 11.8 Å². The van der Waals surface area contributed by atoms with Crippen LogP contribution < -0.4 is 14.8 Å². The molecule has 0 bridgehead atoms. The summed E-state index contributed by atoms with van der Waals surface area (Å²) in [6.07, 6.45) is -1.21. The molecule has 6 nitrogen and oxygen atoms in total. The number of thiocarbonyl (C=S) groups is 1. The topological polar surface area (TPSA) is 67.9 Å². The largest absolute Gasteiger partial charge is 0.586 e. The Morgan fingerprint density at radius 2 is 2.08 bits per heavy atom. The van der Waals surface area contributed by atoms with Crippen LogP contribution in [0.3, 0.4) is 0 Å². The maximum Gasteiger partial charge on any atom is 0.586 e. The third-order valence-electron chi connectivity index (χ3n) is 3.26. The summed E-state index contributed by atoms with van der Waals surface area (Å²) < 4.78 is 35.2. The number of amides is 2. The molecule has 0 aromatic heterocycles. The molecule has 0 spiro atoms. The third-order valence-corrected chi connectivity index (χ3v) is 3.58. The van der Waals surface area contributed by atoms with E-state index in [0.29, 0.717) is 0 Å². The van der Waals surface area contributed by atoms with Gasteiger partial charge < -0.3 is 9.47 Å². The van der Waals surface area contributed by atoms with E-state index in [9.17, 15) is 18.4 Å². The molecular formula is C15H10F2N2O4S. The highest BCUT2D eigenvalue weighted by Crippen LogP contribution is 2.43. The summed E-state index contributed by atoms with van der Waals surface area (Å²) in [6, 6.07) is 4.15. The van der Waals surface area contributed by atoms with Gasteiger partial charge >= 0.3 is 6.29 Å². The zero-order valence-electron chi connectivity index (χ0n) is 12.0. The number of carbonyl (C=O) groups excluding carboxylic acids is 2. The fourth-order valence-electron chi connectivity index (χ4n) is 2.25. The Balaban J connectivity index is 2.01. The Morgan fingerprint density at radius 1 is 1.33 bits per heavy atom. The van der Waals surface area contributed by atoms with Crippen LogP contribution in [0.2, 0.25) is 0 Å². The van der Waals surface area contributed by atoms with E-state index < -0.39 is 18.1 Å². The minimum absolute atomic E-state index is 0.0496. The van der Waals surface area contributed by atoms with Crippen LogP contribution in [0.25, 0.3) is 6.08 Å². The summed E-state index contributed by atoms with van der Waals surface area (Å²) in [5.41, 5.74) is -0.160. The molecule has 2 aliphatic rings. The van der Waals surface area contributed by atoms with Crippen LogP contribution in [0.1, 0.15) is 5.56 Å². The molecule has 0 aliphatic carbocycles. The van der Waals surface area contributed by atoms with Crippen LogP contribution in [-0.4, -0.2) is 34.7 Å². The van der Waals surface area contributed by atoms with Gasteiger partial charge in [0, 0.05) is 12.1 Å². The summed E-state index contributed by atoms with van der Waals surface area (Å²) in [7, 11) is 0. The second-order valence-corrected chi connectivity index (χ2v) is 5.25. The van der Waals surface area contributed by atoms with Crippen molar-refractivity contribution in [1.29, 1.82) is 0 Å². The molecule has 2 heterocycles. The highest BCUT2D eigenvalue weighted by molar-refractivity contribution is 7.80. The van der Waals surface area contributed by atoms with Crippen molar-refractivity contribution in [3.63, 3.8) is 0 Å². The van der Waals surface area contributed by atoms with Crippen LogP contribution >= 0.6 is 12.2 Å². The second-order valence-electron chi connectivity index (χ2n) is 4.86. The van der Waals surface area contributed by atoms with Crippen molar-refractivity contribution in [2.75, 3.05) is 6.54 Å². The number of nitrogens with one attached hydrogen (secondary N) is 1. The number of fused-ring (bicyclic) bond motifs is 1. The van der Waals surface area contributed by atoms with Gasteiger partial charge in [0.05, 0.1) is 0 Å². The molecule has 0 unspecified atom stereocenters. The van der Waals surface area contributed by atoms with Crippen LogP contribution in [0.15, 0.2) is 36.4 Å². The highest BCUT2D eigenvalue weighted by Gasteiger charge is 2.44. The van der Waals surface area contributed by atoms with Crippen LogP contribution in [0.5, 0.6) is 11.5 Å². The first-order valence-corrected chi connectivity index (χ1v) is 7.12. The average molecular weight is 352 g/mol. The molecule has 0 saturated carbocycles. The average Bonchev–Trinajstić information content (AvgIpc) is 2.82. The van der Waals surface area contributed by atoms with Gasteiger partial charge in [-0.15, -0.1) is 15.4 Å². The smallest absolute Gasteiger partial charge is 0.395 e. The summed E-state index contributed by atoms with van der Waals surface area (Å²) in [5.74, 6) is -1.82. The van der Waals surface area contributed by atoms with Crippen molar-refractivity contribution < 1.29 is 27.8 Å². The number of halogens is 2. The van der Waals surface area contributed by atoms with E-state index in [2.05, 4.69) is 21.4 Å². The van der Waals surface area contributed by atoms with Gasteiger partial charge in [-0.3, -0.25) is 19.8 Å². The number of nitrogens with zero attached hydrogens (tertiary/aromatic N) is 1. The van der Waals surface area contributed by atoms with Crippen molar-refractivity contribution in [2.45, 2.75) is 6.29 Å². The van der Waals surface area contributed by atoms with Gasteiger partial charge in [0.2, 0.25) is 0 Å². The lowest BCUT2D eigenvalue weighted by atomic mass is 10.1. The fourth-order valence-corrected chi connectivity index (χ4v) is 2.50. The first kappa shape index (κ1) is 16.1. The third kappa shape index (κ3) is 2.73. The quantitative estimate of drug-likeness (QED) is 0.389. The second kappa shape index (κ2) is 5.68. The molecular weight excluding hydrogens is 342 g/mol. The highest BCUT2D eigenvalue weighted by atomic mass is 32.1. The van der Waals surface area contributed by atoms with Gasteiger partial charge in [-0.25, -0.2) is 0 Å². The molecule has 3 rings (SSSR count). The standard InChI is InChI=1S/C15H10F2N2O4S/c1-2-6-19-13(21)9(12(20)18-14(19)24)7-8-4-3-5-10-11(8)23-15(16,17)22-10/h2-5,7H,1,6H2,(H,18,20,24)/b9-7+. The van der Waals surface area contributed by atoms with Gasteiger partial charge in [-0.2, -0.15) is 0 Å². The normalized spacial score (nSPS) is 20.3.